The van der Waals surface area contributed by atoms with Gasteiger partial charge < -0.3 is 15.2 Å². The molecule has 172 valence electrons. The van der Waals surface area contributed by atoms with Crippen molar-refractivity contribution in [2.24, 2.45) is 0 Å². The van der Waals surface area contributed by atoms with Crippen molar-refractivity contribution in [3.63, 3.8) is 0 Å². The molecule has 3 N–H and O–H groups in total. The number of hydrogen-bond donors (Lipinski definition) is 3. The maximum Gasteiger partial charge on any atom is 0.337 e. The SMILES string of the molecule is COc1ccc(CCNS(=O)(=O)c2ccc(NCCC3=CCCCC3)c(C(=O)O)c2)cc1. The van der Waals surface area contributed by atoms with Crippen molar-refractivity contribution >= 4 is 21.7 Å². The lowest BCUT2D eigenvalue weighted by atomic mass is 9.97. The van der Waals surface area contributed by atoms with Crippen LogP contribution in [0.15, 0.2) is 59.0 Å². The van der Waals surface area contributed by atoms with Gasteiger partial charge in [0, 0.05) is 18.8 Å². The number of nitrogens with one attached hydrogen (secondary N) is 2. The third kappa shape index (κ3) is 6.58. The molecule has 0 heterocycles. The van der Waals surface area contributed by atoms with Gasteiger partial charge in [0.05, 0.1) is 17.6 Å². The number of allylic oxidation sites excluding steroid dienone is 1. The highest BCUT2D eigenvalue weighted by molar-refractivity contribution is 7.89. The summed E-state index contributed by atoms with van der Waals surface area (Å²) in [6.45, 7) is 0.810. The molecular weight excluding hydrogens is 428 g/mol. The lowest BCUT2D eigenvalue weighted by molar-refractivity contribution is 0.0697. The summed E-state index contributed by atoms with van der Waals surface area (Å²) in [7, 11) is -2.24. The Morgan fingerprint density at radius 2 is 1.84 bits per heavy atom. The Kier molecular flexibility index (Phi) is 8.30. The number of carboxylic acid groups (broad SMARTS) is 1. The first-order chi connectivity index (χ1) is 15.4. The average Bonchev–Trinajstić information content (AvgIpc) is 2.80. The zero-order valence-electron chi connectivity index (χ0n) is 18.3. The molecule has 3 rings (SSSR count). The van der Waals surface area contributed by atoms with Gasteiger partial charge in [-0.25, -0.2) is 17.9 Å². The van der Waals surface area contributed by atoms with Crippen molar-refractivity contribution in [3.8, 4) is 5.75 Å². The van der Waals surface area contributed by atoms with Gasteiger partial charge in [-0.05, 0) is 74.4 Å². The van der Waals surface area contributed by atoms with Crippen LogP contribution in [0, 0.1) is 0 Å². The van der Waals surface area contributed by atoms with E-state index in [4.69, 9.17) is 4.74 Å². The van der Waals surface area contributed by atoms with E-state index in [-0.39, 0.29) is 17.0 Å². The molecule has 2 aromatic carbocycles. The van der Waals surface area contributed by atoms with Gasteiger partial charge in [0.2, 0.25) is 10.0 Å². The maximum absolute atomic E-state index is 12.7. The Morgan fingerprint density at radius 3 is 2.50 bits per heavy atom. The van der Waals surface area contributed by atoms with Gasteiger partial charge in [-0.15, -0.1) is 0 Å². The van der Waals surface area contributed by atoms with Gasteiger partial charge in [-0.1, -0.05) is 23.8 Å². The minimum Gasteiger partial charge on any atom is -0.497 e. The first kappa shape index (κ1) is 23.8. The Bertz CT molecular complexity index is 1060. The van der Waals surface area contributed by atoms with E-state index in [0.717, 1.165) is 30.6 Å². The van der Waals surface area contributed by atoms with Crippen molar-refractivity contribution in [1.82, 2.24) is 4.72 Å². The van der Waals surface area contributed by atoms with Crippen molar-refractivity contribution in [2.45, 2.75) is 43.4 Å². The summed E-state index contributed by atoms with van der Waals surface area (Å²) >= 11 is 0. The van der Waals surface area contributed by atoms with Gasteiger partial charge in [0.1, 0.15) is 5.75 Å². The van der Waals surface area contributed by atoms with Gasteiger partial charge >= 0.3 is 5.97 Å². The number of sulfonamides is 1. The number of carboxylic acids is 1. The number of aromatic carboxylic acids is 1. The number of rotatable bonds is 11. The predicted octanol–water partition coefficient (Wildman–Crippen LogP) is 4.22. The quantitative estimate of drug-likeness (QED) is 0.436. The summed E-state index contributed by atoms with van der Waals surface area (Å²) in [4.78, 5) is 11.7. The number of hydrogen-bond acceptors (Lipinski definition) is 5. The molecule has 7 nitrogen and oxygen atoms in total. The van der Waals surface area contributed by atoms with Crippen LogP contribution < -0.4 is 14.8 Å². The molecular formula is C24H30N2O5S. The van der Waals surface area contributed by atoms with Crippen LogP contribution in [-0.4, -0.2) is 39.7 Å². The zero-order chi connectivity index (χ0) is 23.0. The fraction of sp³-hybridized carbons (Fsp3) is 0.375. The van der Waals surface area contributed by atoms with Gasteiger partial charge in [-0.3, -0.25) is 0 Å². The van der Waals surface area contributed by atoms with E-state index in [2.05, 4.69) is 16.1 Å². The fourth-order valence-corrected chi connectivity index (χ4v) is 4.77. The monoisotopic (exact) mass is 458 g/mol. The highest BCUT2D eigenvalue weighted by atomic mass is 32.2. The largest absolute Gasteiger partial charge is 0.497 e. The minimum absolute atomic E-state index is 0.0550. The van der Waals surface area contributed by atoms with Crippen molar-refractivity contribution in [2.75, 3.05) is 25.5 Å². The number of anilines is 1. The van der Waals surface area contributed by atoms with Gasteiger partial charge in [-0.2, -0.15) is 0 Å². The second kappa shape index (κ2) is 11.2. The smallest absolute Gasteiger partial charge is 0.337 e. The molecule has 32 heavy (non-hydrogen) atoms. The van der Waals surface area contributed by atoms with E-state index in [1.807, 2.05) is 24.3 Å². The van der Waals surface area contributed by atoms with Crippen LogP contribution in [0.3, 0.4) is 0 Å². The second-order valence-corrected chi connectivity index (χ2v) is 9.56. The van der Waals surface area contributed by atoms with E-state index >= 15 is 0 Å². The molecule has 8 heteroatoms. The summed E-state index contributed by atoms with van der Waals surface area (Å²) in [6, 6.07) is 11.6. The van der Waals surface area contributed by atoms with E-state index in [1.54, 1.807) is 7.11 Å². The van der Waals surface area contributed by atoms with E-state index in [0.29, 0.717) is 18.7 Å². The minimum atomic E-state index is -3.83. The second-order valence-electron chi connectivity index (χ2n) is 7.79. The summed E-state index contributed by atoms with van der Waals surface area (Å²) in [6.07, 6.45) is 8.24. The lowest BCUT2D eigenvalue weighted by Crippen LogP contribution is -2.26. The third-order valence-electron chi connectivity index (χ3n) is 5.54. The molecule has 0 unspecified atom stereocenters. The highest BCUT2D eigenvalue weighted by Crippen LogP contribution is 2.23. The molecule has 0 atom stereocenters. The van der Waals surface area contributed by atoms with Crippen LogP contribution >= 0.6 is 0 Å². The number of ether oxygens (including phenoxy) is 1. The van der Waals surface area contributed by atoms with E-state index in [9.17, 15) is 18.3 Å². The maximum atomic E-state index is 12.7. The van der Waals surface area contributed by atoms with Crippen LogP contribution in [-0.2, 0) is 16.4 Å². The lowest BCUT2D eigenvalue weighted by Gasteiger charge is -2.15. The van der Waals surface area contributed by atoms with E-state index in [1.165, 1.54) is 36.6 Å². The third-order valence-corrected chi connectivity index (χ3v) is 7.00. The zero-order valence-corrected chi connectivity index (χ0v) is 19.1. The molecule has 2 aromatic rings. The van der Waals surface area contributed by atoms with Crippen LogP contribution in [0.2, 0.25) is 0 Å². The van der Waals surface area contributed by atoms with Crippen molar-refractivity contribution < 1.29 is 23.1 Å². The summed E-state index contributed by atoms with van der Waals surface area (Å²) in [5, 5.41) is 12.7. The molecule has 0 aromatic heterocycles. The number of methoxy groups -OCH3 is 1. The summed E-state index contributed by atoms with van der Waals surface area (Å²) in [5.41, 5.74) is 2.72. The molecule has 0 saturated carbocycles. The normalized spacial score (nSPS) is 14.0. The topological polar surface area (TPSA) is 105 Å². The summed E-state index contributed by atoms with van der Waals surface area (Å²) in [5.74, 6) is -0.431. The first-order valence-electron chi connectivity index (χ1n) is 10.8. The van der Waals surface area contributed by atoms with Crippen molar-refractivity contribution in [1.29, 1.82) is 0 Å². The standard InChI is InChI=1S/C24H30N2O5S/c1-31-20-9-7-19(8-10-20)14-16-26-32(29,30)21-11-12-23(22(17-21)24(27)28)25-15-13-18-5-3-2-4-6-18/h5,7-12,17,25-26H,2-4,6,13-16H2,1H3,(H,27,28). The first-order valence-corrected chi connectivity index (χ1v) is 12.3. The van der Waals surface area contributed by atoms with Gasteiger partial charge in [0.15, 0.2) is 0 Å². The molecule has 1 aliphatic rings. The van der Waals surface area contributed by atoms with Crippen LogP contribution in [0.25, 0.3) is 0 Å². The predicted molar refractivity (Wildman–Crippen MR) is 125 cm³/mol. The Morgan fingerprint density at radius 1 is 1.06 bits per heavy atom. The fourth-order valence-electron chi connectivity index (χ4n) is 3.72. The average molecular weight is 459 g/mol. The summed E-state index contributed by atoms with van der Waals surface area (Å²) < 4.78 is 33.0. The Hall–Kier alpha value is -2.84. The van der Waals surface area contributed by atoms with Crippen LogP contribution in [0.5, 0.6) is 5.75 Å². The van der Waals surface area contributed by atoms with Crippen LogP contribution in [0.4, 0.5) is 5.69 Å². The number of carbonyl (C=O) groups is 1. The van der Waals surface area contributed by atoms with Gasteiger partial charge in [0.25, 0.3) is 0 Å². The Balaban J connectivity index is 1.61. The molecule has 0 radical (unpaired) electrons. The Labute approximate surface area is 189 Å². The molecule has 0 spiro atoms. The number of benzene rings is 2. The highest BCUT2D eigenvalue weighted by Gasteiger charge is 2.19. The molecule has 0 aliphatic heterocycles. The molecule has 0 saturated heterocycles. The van der Waals surface area contributed by atoms with Crippen LogP contribution in [0.1, 0.15) is 48.0 Å². The molecule has 0 bridgehead atoms. The molecule has 0 amide bonds. The van der Waals surface area contributed by atoms with E-state index < -0.39 is 16.0 Å². The molecule has 1 aliphatic carbocycles. The molecule has 0 fully saturated rings. The van der Waals surface area contributed by atoms with Crippen molar-refractivity contribution in [3.05, 3.63) is 65.2 Å².